The highest BCUT2D eigenvalue weighted by Gasteiger charge is 2.42. The van der Waals surface area contributed by atoms with Gasteiger partial charge in [-0.2, -0.15) is 18.3 Å². The molecular formula is C10H9F3N2. The summed E-state index contributed by atoms with van der Waals surface area (Å²) in [5, 5.41) is 3.70. The van der Waals surface area contributed by atoms with Crippen molar-refractivity contribution in [2.45, 2.75) is 18.6 Å². The van der Waals surface area contributed by atoms with E-state index in [2.05, 4.69) is 10.5 Å². The Bertz CT molecular complexity index is 370. The standard InChI is InChI=1S/C10H9F3N2/c11-10(12,13)9-6-8(14-15-9)7-4-2-1-3-5-7/h1-5,9,15H,6H2. The molecule has 1 atom stereocenters. The maximum absolute atomic E-state index is 12.3. The molecule has 0 amide bonds. The summed E-state index contributed by atoms with van der Waals surface area (Å²) in [7, 11) is 0. The van der Waals surface area contributed by atoms with Crippen molar-refractivity contribution in [1.29, 1.82) is 0 Å². The minimum Gasteiger partial charge on any atom is -0.297 e. The van der Waals surface area contributed by atoms with Crippen LogP contribution in [0.2, 0.25) is 0 Å². The number of rotatable bonds is 1. The van der Waals surface area contributed by atoms with Crippen molar-refractivity contribution in [3.63, 3.8) is 0 Å². The summed E-state index contributed by atoms with van der Waals surface area (Å²) in [6.45, 7) is 0. The summed E-state index contributed by atoms with van der Waals surface area (Å²) in [6, 6.07) is 7.32. The van der Waals surface area contributed by atoms with E-state index in [0.717, 1.165) is 5.56 Å². The number of hydrazone groups is 1. The second-order valence-electron chi connectivity index (χ2n) is 3.35. The predicted octanol–water partition coefficient (Wildman–Crippen LogP) is 2.31. The van der Waals surface area contributed by atoms with Crippen LogP contribution in [0.25, 0.3) is 0 Å². The van der Waals surface area contributed by atoms with E-state index in [0.29, 0.717) is 5.71 Å². The van der Waals surface area contributed by atoms with Gasteiger partial charge >= 0.3 is 6.18 Å². The van der Waals surface area contributed by atoms with Gasteiger partial charge in [0.1, 0.15) is 6.04 Å². The van der Waals surface area contributed by atoms with Crippen LogP contribution in [0, 0.1) is 0 Å². The molecule has 1 aromatic carbocycles. The maximum atomic E-state index is 12.3. The molecule has 15 heavy (non-hydrogen) atoms. The number of hydrogen-bond donors (Lipinski definition) is 1. The number of nitrogens with zero attached hydrogens (tertiary/aromatic N) is 1. The molecule has 0 bridgehead atoms. The molecule has 1 heterocycles. The summed E-state index contributed by atoms with van der Waals surface area (Å²) in [5.74, 6) is 0. The van der Waals surface area contributed by atoms with Crippen LogP contribution in [0.1, 0.15) is 12.0 Å². The third-order valence-electron chi connectivity index (χ3n) is 2.25. The van der Waals surface area contributed by atoms with Gasteiger partial charge in [-0.25, -0.2) is 0 Å². The molecule has 0 saturated heterocycles. The minimum absolute atomic E-state index is 0.104. The van der Waals surface area contributed by atoms with Crippen LogP contribution in [-0.2, 0) is 0 Å². The largest absolute Gasteiger partial charge is 0.410 e. The molecule has 2 nitrogen and oxygen atoms in total. The Hall–Kier alpha value is -1.52. The summed E-state index contributed by atoms with van der Waals surface area (Å²) in [6.07, 6.45) is -4.34. The smallest absolute Gasteiger partial charge is 0.297 e. The molecule has 1 N–H and O–H groups in total. The van der Waals surface area contributed by atoms with E-state index in [9.17, 15) is 13.2 Å². The SMILES string of the molecule is FC(F)(F)C1CC(c2ccccc2)=NN1. The number of halogens is 3. The zero-order valence-corrected chi connectivity index (χ0v) is 7.75. The zero-order chi connectivity index (χ0) is 10.9. The van der Waals surface area contributed by atoms with Gasteiger partial charge in [0.15, 0.2) is 0 Å². The molecule has 0 saturated carbocycles. The normalized spacial score (nSPS) is 21.0. The van der Waals surface area contributed by atoms with E-state index in [1.807, 2.05) is 6.07 Å². The van der Waals surface area contributed by atoms with Crippen LogP contribution in [0.15, 0.2) is 35.4 Å². The molecule has 0 spiro atoms. The number of alkyl halides is 3. The van der Waals surface area contributed by atoms with Gasteiger partial charge in [0.2, 0.25) is 0 Å². The molecule has 2 rings (SSSR count). The van der Waals surface area contributed by atoms with Crippen LogP contribution in [-0.4, -0.2) is 17.9 Å². The van der Waals surface area contributed by atoms with Gasteiger partial charge in [-0.1, -0.05) is 30.3 Å². The molecule has 1 unspecified atom stereocenters. The fourth-order valence-electron chi connectivity index (χ4n) is 1.44. The molecule has 1 aliphatic heterocycles. The van der Waals surface area contributed by atoms with E-state index >= 15 is 0 Å². The number of nitrogens with one attached hydrogen (secondary N) is 1. The van der Waals surface area contributed by atoms with Crippen molar-refractivity contribution in [2.24, 2.45) is 5.10 Å². The highest BCUT2D eigenvalue weighted by Crippen LogP contribution is 2.26. The first-order valence-electron chi connectivity index (χ1n) is 4.51. The lowest BCUT2D eigenvalue weighted by atomic mass is 10.0. The summed E-state index contributed by atoms with van der Waals surface area (Å²) < 4.78 is 36.9. The molecule has 0 aliphatic carbocycles. The average Bonchev–Trinajstić information content (AvgIpc) is 2.67. The van der Waals surface area contributed by atoms with Crippen molar-refractivity contribution in [2.75, 3.05) is 0 Å². The van der Waals surface area contributed by atoms with Crippen molar-refractivity contribution < 1.29 is 13.2 Å². The molecule has 1 aliphatic rings. The quantitative estimate of drug-likeness (QED) is 0.762. The Morgan fingerprint density at radius 1 is 1.20 bits per heavy atom. The lowest BCUT2D eigenvalue weighted by molar-refractivity contribution is -0.151. The summed E-state index contributed by atoms with van der Waals surface area (Å²) in [5.41, 5.74) is 3.30. The van der Waals surface area contributed by atoms with Gasteiger partial charge in [-0.05, 0) is 5.56 Å². The van der Waals surface area contributed by atoms with Gasteiger partial charge in [0.25, 0.3) is 0 Å². The van der Waals surface area contributed by atoms with Gasteiger partial charge in [-0.3, -0.25) is 5.43 Å². The van der Waals surface area contributed by atoms with E-state index < -0.39 is 12.2 Å². The Kier molecular flexibility index (Phi) is 2.38. The molecule has 1 aromatic rings. The molecule has 0 radical (unpaired) electrons. The van der Waals surface area contributed by atoms with Crippen LogP contribution < -0.4 is 5.43 Å². The molecule has 0 fully saturated rings. The van der Waals surface area contributed by atoms with Gasteiger partial charge in [-0.15, -0.1) is 0 Å². The maximum Gasteiger partial charge on any atom is 0.410 e. The van der Waals surface area contributed by atoms with Crippen molar-refractivity contribution in [1.82, 2.24) is 5.43 Å². The van der Waals surface area contributed by atoms with E-state index in [-0.39, 0.29) is 6.42 Å². The van der Waals surface area contributed by atoms with Crippen LogP contribution in [0.3, 0.4) is 0 Å². The van der Waals surface area contributed by atoms with Crippen molar-refractivity contribution >= 4 is 5.71 Å². The monoisotopic (exact) mass is 214 g/mol. The van der Waals surface area contributed by atoms with Crippen LogP contribution >= 0.6 is 0 Å². The Labute approximate surface area is 84.8 Å². The third kappa shape index (κ3) is 2.11. The minimum atomic E-state index is -4.24. The molecule has 5 heteroatoms. The van der Waals surface area contributed by atoms with E-state index in [1.54, 1.807) is 24.3 Å². The zero-order valence-electron chi connectivity index (χ0n) is 7.75. The first kappa shape index (κ1) is 10.0. The molecular weight excluding hydrogens is 205 g/mol. The third-order valence-corrected chi connectivity index (χ3v) is 2.25. The van der Waals surface area contributed by atoms with Gasteiger partial charge in [0, 0.05) is 6.42 Å². The highest BCUT2D eigenvalue weighted by molar-refractivity contribution is 6.01. The van der Waals surface area contributed by atoms with Crippen molar-refractivity contribution in [3.05, 3.63) is 35.9 Å². The summed E-state index contributed by atoms with van der Waals surface area (Å²) in [4.78, 5) is 0. The van der Waals surface area contributed by atoms with Crippen LogP contribution in [0.5, 0.6) is 0 Å². The second-order valence-corrected chi connectivity index (χ2v) is 3.35. The van der Waals surface area contributed by atoms with Crippen molar-refractivity contribution in [3.8, 4) is 0 Å². The Morgan fingerprint density at radius 3 is 2.40 bits per heavy atom. The fraction of sp³-hybridized carbons (Fsp3) is 0.300. The second kappa shape index (κ2) is 3.56. The van der Waals surface area contributed by atoms with E-state index in [4.69, 9.17) is 0 Å². The first-order chi connectivity index (χ1) is 7.07. The Morgan fingerprint density at radius 2 is 1.87 bits per heavy atom. The molecule has 80 valence electrons. The number of benzene rings is 1. The average molecular weight is 214 g/mol. The predicted molar refractivity (Wildman–Crippen MR) is 50.6 cm³/mol. The Balaban J connectivity index is 2.11. The number of hydrogen-bond acceptors (Lipinski definition) is 2. The topological polar surface area (TPSA) is 24.4 Å². The fourth-order valence-corrected chi connectivity index (χ4v) is 1.44. The highest BCUT2D eigenvalue weighted by atomic mass is 19.4. The van der Waals surface area contributed by atoms with E-state index in [1.165, 1.54) is 0 Å². The van der Waals surface area contributed by atoms with Gasteiger partial charge in [0.05, 0.1) is 5.71 Å². The summed E-state index contributed by atoms with van der Waals surface area (Å²) >= 11 is 0. The van der Waals surface area contributed by atoms with Crippen LogP contribution in [0.4, 0.5) is 13.2 Å². The lowest BCUT2D eigenvalue weighted by Gasteiger charge is -2.13. The van der Waals surface area contributed by atoms with Gasteiger partial charge < -0.3 is 0 Å². The lowest BCUT2D eigenvalue weighted by Crippen LogP contribution is -2.36. The molecule has 0 aromatic heterocycles. The first-order valence-corrected chi connectivity index (χ1v) is 4.51.